The third kappa shape index (κ3) is 3.41. The van der Waals surface area contributed by atoms with Crippen LogP contribution in [-0.4, -0.2) is 32.2 Å². The second-order valence-corrected chi connectivity index (χ2v) is 4.94. The molecule has 0 aliphatic heterocycles. The first-order chi connectivity index (χ1) is 10.8. The lowest BCUT2D eigenvalue weighted by Crippen LogP contribution is -2.25. The summed E-state index contributed by atoms with van der Waals surface area (Å²) in [5, 5.41) is 9.84. The number of aromatic amines is 1. The minimum atomic E-state index is -0.139. The Hall–Kier alpha value is -2.89. The van der Waals surface area contributed by atoms with E-state index in [0.29, 0.717) is 12.2 Å². The Morgan fingerprint density at radius 1 is 1.27 bits per heavy atom. The summed E-state index contributed by atoms with van der Waals surface area (Å²) in [5.74, 6) is -0.139. The number of rotatable bonds is 6. The molecule has 2 aromatic heterocycles. The number of aromatic nitrogens is 4. The van der Waals surface area contributed by atoms with Gasteiger partial charge in [0.1, 0.15) is 5.69 Å². The van der Waals surface area contributed by atoms with Crippen LogP contribution < -0.4 is 5.32 Å². The molecule has 3 rings (SSSR count). The highest BCUT2D eigenvalue weighted by molar-refractivity contribution is 5.93. The maximum absolute atomic E-state index is 12.0. The van der Waals surface area contributed by atoms with Crippen molar-refractivity contribution in [3.8, 4) is 11.3 Å². The number of benzene rings is 1. The molecular weight excluding hydrogens is 278 g/mol. The summed E-state index contributed by atoms with van der Waals surface area (Å²) >= 11 is 0. The Bertz CT molecular complexity index is 718. The van der Waals surface area contributed by atoms with E-state index in [-0.39, 0.29) is 5.91 Å². The van der Waals surface area contributed by atoms with Gasteiger partial charge in [-0.25, -0.2) is 4.98 Å². The molecule has 1 aromatic carbocycles. The van der Waals surface area contributed by atoms with E-state index in [4.69, 9.17) is 0 Å². The Labute approximate surface area is 128 Å². The number of hydrogen-bond acceptors (Lipinski definition) is 3. The molecule has 0 atom stereocenters. The molecule has 0 unspecified atom stereocenters. The molecule has 0 fully saturated rings. The average molecular weight is 295 g/mol. The van der Waals surface area contributed by atoms with Crippen LogP contribution >= 0.6 is 0 Å². The summed E-state index contributed by atoms with van der Waals surface area (Å²) in [4.78, 5) is 16.0. The SMILES string of the molecule is O=C(NCCCn1ccnc1)c1cc(-c2ccccc2)n[nH]1. The molecule has 0 spiro atoms. The van der Waals surface area contributed by atoms with Crippen molar-refractivity contribution in [2.45, 2.75) is 13.0 Å². The molecule has 3 aromatic rings. The third-order valence-corrected chi connectivity index (χ3v) is 3.33. The van der Waals surface area contributed by atoms with E-state index in [2.05, 4.69) is 20.5 Å². The Kier molecular flexibility index (Phi) is 4.29. The zero-order valence-electron chi connectivity index (χ0n) is 12.1. The lowest BCUT2D eigenvalue weighted by atomic mass is 10.1. The molecule has 0 saturated heterocycles. The van der Waals surface area contributed by atoms with Crippen molar-refractivity contribution < 1.29 is 4.79 Å². The normalized spacial score (nSPS) is 10.5. The molecule has 0 aliphatic rings. The first kappa shape index (κ1) is 14.1. The molecule has 0 aliphatic carbocycles. The summed E-state index contributed by atoms with van der Waals surface area (Å²) in [6.07, 6.45) is 6.27. The van der Waals surface area contributed by atoms with Crippen LogP contribution in [0, 0.1) is 0 Å². The largest absolute Gasteiger partial charge is 0.351 e. The summed E-state index contributed by atoms with van der Waals surface area (Å²) in [5.41, 5.74) is 2.23. The van der Waals surface area contributed by atoms with E-state index in [1.54, 1.807) is 18.6 Å². The van der Waals surface area contributed by atoms with Crippen molar-refractivity contribution >= 4 is 5.91 Å². The Morgan fingerprint density at radius 2 is 2.14 bits per heavy atom. The Morgan fingerprint density at radius 3 is 2.91 bits per heavy atom. The molecule has 1 amide bonds. The van der Waals surface area contributed by atoms with E-state index >= 15 is 0 Å². The van der Waals surface area contributed by atoms with Crippen LogP contribution in [0.5, 0.6) is 0 Å². The molecule has 0 saturated carbocycles. The van der Waals surface area contributed by atoms with Gasteiger partial charge in [-0.1, -0.05) is 30.3 Å². The monoisotopic (exact) mass is 295 g/mol. The molecule has 22 heavy (non-hydrogen) atoms. The van der Waals surface area contributed by atoms with Crippen molar-refractivity contribution in [1.29, 1.82) is 0 Å². The van der Waals surface area contributed by atoms with Gasteiger partial charge in [0.05, 0.1) is 12.0 Å². The van der Waals surface area contributed by atoms with Crippen LogP contribution in [0.25, 0.3) is 11.3 Å². The van der Waals surface area contributed by atoms with E-state index in [9.17, 15) is 4.79 Å². The zero-order chi connectivity index (χ0) is 15.2. The molecule has 2 heterocycles. The molecule has 0 radical (unpaired) electrons. The second kappa shape index (κ2) is 6.71. The maximum Gasteiger partial charge on any atom is 0.269 e. The fraction of sp³-hybridized carbons (Fsp3) is 0.188. The highest BCUT2D eigenvalue weighted by Crippen LogP contribution is 2.16. The van der Waals surface area contributed by atoms with Gasteiger partial charge in [0.15, 0.2) is 0 Å². The highest BCUT2D eigenvalue weighted by Gasteiger charge is 2.10. The van der Waals surface area contributed by atoms with Gasteiger partial charge in [0, 0.05) is 31.0 Å². The lowest BCUT2D eigenvalue weighted by Gasteiger charge is -2.04. The number of imidazole rings is 1. The smallest absolute Gasteiger partial charge is 0.269 e. The summed E-state index contributed by atoms with van der Waals surface area (Å²) in [7, 11) is 0. The second-order valence-electron chi connectivity index (χ2n) is 4.94. The van der Waals surface area contributed by atoms with Crippen LogP contribution in [0.1, 0.15) is 16.9 Å². The van der Waals surface area contributed by atoms with Crippen molar-refractivity contribution in [1.82, 2.24) is 25.1 Å². The van der Waals surface area contributed by atoms with Gasteiger partial charge in [-0.2, -0.15) is 5.10 Å². The van der Waals surface area contributed by atoms with E-state index in [0.717, 1.165) is 24.2 Å². The van der Waals surface area contributed by atoms with Crippen molar-refractivity contribution in [3.63, 3.8) is 0 Å². The zero-order valence-corrected chi connectivity index (χ0v) is 12.1. The average Bonchev–Trinajstić information content (AvgIpc) is 3.24. The minimum Gasteiger partial charge on any atom is -0.351 e. The predicted octanol–water partition coefficient (Wildman–Crippen LogP) is 2.09. The molecule has 2 N–H and O–H groups in total. The molecule has 6 nitrogen and oxygen atoms in total. The first-order valence-electron chi connectivity index (χ1n) is 7.18. The lowest BCUT2D eigenvalue weighted by molar-refractivity contribution is 0.0947. The van der Waals surface area contributed by atoms with Gasteiger partial charge in [0.25, 0.3) is 5.91 Å². The fourth-order valence-electron chi connectivity index (χ4n) is 2.17. The van der Waals surface area contributed by atoms with Gasteiger partial charge in [0.2, 0.25) is 0 Å². The number of hydrogen-bond donors (Lipinski definition) is 2. The van der Waals surface area contributed by atoms with Crippen LogP contribution in [0.4, 0.5) is 0 Å². The van der Waals surface area contributed by atoms with E-state index in [1.807, 2.05) is 41.1 Å². The van der Waals surface area contributed by atoms with Crippen LogP contribution in [0.2, 0.25) is 0 Å². The summed E-state index contributed by atoms with van der Waals surface area (Å²) < 4.78 is 1.98. The summed E-state index contributed by atoms with van der Waals surface area (Å²) in [6, 6.07) is 11.5. The Balaban J connectivity index is 1.51. The quantitative estimate of drug-likeness (QED) is 0.684. The third-order valence-electron chi connectivity index (χ3n) is 3.33. The minimum absolute atomic E-state index is 0.139. The van der Waals surface area contributed by atoms with Crippen molar-refractivity contribution in [3.05, 3.63) is 60.8 Å². The number of amides is 1. The van der Waals surface area contributed by atoms with Gasteiger partial charge < -0.3 is 9.88 Å². The van der Waals surface area contributed by atoms with Gasteiger partial charge in [-0.3, -0.25) is 9.89 Å². The number of H-pyrrole nitrogens is 1. The summed E-state index contributed by atoms with van der Waals surface area (Å²) in [6.45, 7) is 1.44. The molecule has 112 valence electrons. The van der Waals surface area contributed by atoms with Crippen LogP contribution in [0.3, 0.4) is 0 Å². The number of carbonyl (C=O) groups is 1. The van der Waals surface area contributed by atoms with Crippen LogP contribution in [0.15, 0.2) is 55.1 Å². The molecule has 6 heteroatoms. The number of nitrogens with one attached hydrogen (secondary N) is 2. The first-order valence-corrected chi connectivity index (χ1v) is 7.18. The van der Waals surface area contributed by atoms with Crippen molar-refractivity contribution in [2.24, 2.45) is 0 Å². The number of carbonyl (C=O) groups excluding carboxylic acids is 1. The topological polar surface area (TPSA) is 75.6 Å². The number of aryl methyl sites for hydroxylation is 1. The number of nitrogens with zero attached hydrogens (tertiary/aromatic N) is 3. The fourth-order valence-corrected chi connectivity index (χ4v) is 2.17. The van der Waals surface area contributed by atoms with Crippen LogP contribution in [-0.2, 0) is 6.54 Å². The van der Waals surface area contributed by atoms with Gasteiger partial charge in [-0.15, -0.1) is 0 Å². The highest BCUT2D eigenvalue weighted by atomic mass is 16.1. The van der Waals surface area contributed by atoms with Gasteiger partial charge in [-0.05, 0) is 12.5 Å². The van der Waals surface area contributed by atoms with Gasteiger partial charge >= 0.3 is 0 Å². The van der Waals surface area contributed by atoms with E-state index < -0.39 is 0 Å². The molecule has 0 bridgehead atoms. The standard InChI is InChI=1S/C16H17N5O/c22-16(18-7-4-9-21-10-8-17-12-21)15-11-14(19-20-15)13-5-2-1-3-6-13/h1-3,5-6,8,10-12H,4,7,9H2,(H,18,22)(H,19,20). The van der Waals surface area contributed by atoms with Crippen molar-refractivity contribution in [2.75, 3.05) is 6.54 Å². The molecular formula is C16H17N5O. The maximum atomic E-state index is 12.0. The van der Waals surface area contributed by atoms with E-state index in [1.165, 1.54) is 0 Å². The predicted molar refractivity (Wildman–Crippen MR) is 83.2 cm³/mol.